The molecule has 2 aromatic heterocycles. The second-order valence-corrected chi connectivity index (χ2v) is 14.1. The smallest absolute Gasteiger partial charge is 0.160 e. The lowest BCUT2D eigenvalue weighted by Gasteiger charge is -2.10. The molecule has 10 rings (SSSR count). The number of thiophene rings is 1. The third-order valence-corrected chi connectivity index (χ3v) is 11.0. The normalized spacial score (nSPS) is 11.5. The van der Waals surface area contributed by atoms with Gasteiger partial charge in [-0.1, -0.05) is 158 Å². The van der Waals surface area contributed by atoms with Crippen LogP contribution in [0, 0.1) is 0 Å². The zero-order valence-corrected chi connectivity index (χ0v) is 28.4. The fraction of sp³-hybridized carbons (Fsp3) is 0. The van der Waals surface area contributed by atoms with Gasteiger partial charge in [0.25, 0.3) is 0 Å². The van der Waals surface area contributed by atoms with Crippen molar-refractivity contribution in [2.45, 2.75) is 0 Å². The highest BCUT2D eigenvalue weighted by molar-refractivity contribution is 7.26. The van der Waals surface area contributed by atoms with E-state index in [9.17, 15) is 0 Å². The van der Waals surface area contributed by atoms with E-state index in [1.165, 1.54) is 54.1 Å². The lowest BCUT2D eigenvalue weighted by molar-refractivity contribution is 1.24. The number of benzene rings is 8. The van der Waals surface area contributed by atoms with Crippen LogP contribution in [0.4, 0.5) is 0 Å². The van der Waals surface area contributed by atoms with Crippen LogP contribution in [0.2, 0.25) is 0 Å². The number of hydrogen-bond donors (Lipinski definition) is 0. The molecule has 238 valence electrons. The van der Waals surface area contributed by atoms with E-state index in [-0.39, 0.29) is 0 Å². The van der Waals surface area contributed by atoms with E-state index >= 15 is 0 Å². The van der Waals surface area contributed by atoms with E-state index in [2.05, 4.69) is 182 Å². The van der Waals surface area contributed by atoms with E-state index in [1.807, 2.05) is 0 Å². The van der Waals surface area contributed by atoms with Crippen molar-refractivity contribution in [1.82, 2.24) is 9.97 Å². The lowest BCUT2D eigenvalue weighted by Crippen LogP contribution is -1.94. The first kappa shape index (κ1) is 29.5. The summed E-state index contributed by atoms with van der Waals surface area (Å²) in [6.45, 7) is 0. The van der Waals surface area contributed by atoms with Crippen LogP contribution < -0.4 is 0 Å². The number of fused-ring (bicyclic) bond motifs is 5. The Balaban J connectivity index is 1.12. The van der Waals surface area contributed by atoms with Gasteiger partial charge in [-0.3, -0.25) is 0 Å². The minimum absolute atomic E-state index is 0.727. The van der Waals surface area contributed by atoms with Gasteiger partial charge in [0.1, 0.15) is 0 Å². The molecule has 0 radical (unpaired) electrons. The molecule has 51 heavy (non-hydrogen) atoms. The predicted molar refractivity (Wildman–Crippen MR) is 217 cm³/mol. The molecule has 0 amide bonds. The first-order valence-electron chi connectivity index (χ1n) is 17.2. The lowest BCUT2D eigenvalue weighted by atomic mass is 9.99. The quantitative estimate of drug-likeness (QED) is 0.183. The summed E-state index contributed by atoms with van der Waals surface area (Å²) in [4.78, 5) is 10.6. The minimum atomic E-state index is 0.727. The fourth-order valence-electron chi connectivity index (χ4n) is 7.17. The molecule has 3 heteroatoms. The summed E-state index contributed by atoms with van der Waals surface area (Å²) in [7, 11) is 0. The third kappa shape index (κ3) is 5.36. The maximum atomic E-state index is 5.34. The topological polar surface area (TPSA) is 25.8 Å². The van der Waals surface area contributed by atoms with Crippen LogP contribution in [-0.4, -0.2) is 9.97 Å². The van der Waals surface area contributed by atoms with Gasteiger partial charge in [0, 0.05) is 21.2 Å². The maximum Gasteiger partial charge on any atom is 0.160 e. The van der Waals surface area contributed by atoms with Crippen molar-refractivity contribution >= 4 is 53.2 Å². The Bertz CT molecular complexity index is 2910. The number of aromatic nitrogens is 2. The van der Waals surface area contributed by atoms with Crippen LogP contribution in [0.15, 0.2) is 182 Å². The SMILES string of the molecule is c1ccc(-c2ccc3c(c2)sc2c(-c4ccc(-c5ccc6ccccc6c5)cc4)nc(-c4cccc(-c5ccc6ccccc6c5)c4)nc23)cc1. The summed E-state index contributed by atoms with van der Waals surface area (Å²) in [5, 5.41) is 6.11. The van der Waals surface area contributed by atoms with Gasteiger partial charge >= 0.3 is 0 Å². The Morgan fingerprint density at radius 3 is 1.57 bits per heavy atom. The van der Waals surface area contributed by atoms with Crippen molar-refractivity contribution in [2.75, 3.05) is 0 Å². The highest BCUT2D eigenvalue weighted by Gasteiger charge is 2.18. The van der Waals surface area contributed by atoms with Gasteiger partial charge < -0.3 is 0 Å². The van der Waals surface area contributed by atoms with Crippen molar-refractivity contribution in [1.29, 1.82) is 0 Å². The molecule has 0 aliphatic carbocycles. The summed E-state index contributed by atoms with van der Waals surface area (Å²) in [6.07, 6.45) is 0. The second kappa shape index (κ2) is 12.2. The maximum absolute atomic E-state index is 5.34. The Morgan fingerprint density at radius 2 is 0.843 bits per heavy atom. The van der Waals surface area contributed by atoms with Gasteiger partial charge in [-0.15, -0.1) is 11.3 Å². The van der Waals surface area contributed by atoms with Gasteiger partial charge in [0.05, 0.1) is 15.9 Å². The van der Waals surface area contributed by atoms with Crippen molar-refractivity contribution in [2.24, 2.45) is 0 Å². The molecule has 0 aliphatic heterocycles. The first-order chi connectivity index (χ1) is 25.2. The molecule has 2 nitrogen and oxygen atoms in total. The Morgan fingerprint density at radius 1 is 0.333 bits per heavy atom. The monoisotopic (exact) mass is 666 g/mol. The molecule has 0 atom stereocenters. The number of hydrogen-bond acceptors (Lipinski definition) is 3. The van der Waals surface area contributed by atoms with Crippen LogP contribution >= 0.6 is 11.3 Å². The molecule has 8 aromatic carbocycles. The van der Waals surface area contributed by atoms with E-state index in [4.69, 9.17) is 9.97 Å². The number of rotatable bonds is 5. The van der Waals surface area contributed by atoms with Crippen molar-refractivity contribution in [3.63, 3.8) is 0 Å². The van der Waals surface area contributed by atoms with Crippen LogP contribution in [0.1, 0.15) is 0 Å². The third-order valence-electron chi connectivity index (χ3n) is 9.87. The Hall–Kier alpha value is -6.42. The molecule has 0 saturated heterocycles. The highest BCUT2D eigenvalue weighted by atomic mass is 32.1. The first-order valence-corrected chi connectivity index (χ1v) is 18.0. The zero-order chi connectivity index (χ0) is 33.7. The highest BCUT2D eigenvalue weighted by Crippen LogP contribution is 2.41. The summed E-state index contributed by atoms with van der Waals surface area (Å²) < 4.78 is 2.31. The molecular weight excluding hydrogens is 637 g/mol. The second-order valence-electron chi connectivity index (χ2n) is 13.0. The molecule has 0 saturated carbocycles. The van der Waals surface area contributed by atoms with Gasteiger partial charge in [0.15, 0.2) is 5.82 Å². The summed E-state index contributed by atoms with van der Waals surface area (Å²) in [5.41, 5.74) is 11.1. The summed E-state index contributed by atoms with van der Waals surface area (Å²) in [5.74, 6) is 0.727. The zero-order valence-electron chi connectivity index (χ0n) is 27.6. The van der Waals surface area contributed by atoms with E-state index in [0.717, 1.165) is 43.8 Å². The van der Waals surface area contributed by atoms with Crippen LogP contribution in [-0.2, 0) is 0 Å². The molecule has 0 aliphatic rings. The average Bonchev–Trinajstić information content (AvgIpc) is 3.58. The van der Waals surface area contributed by atoms with Crippen molar-refractivity contribution in [3.8, 4) is 56.0 Å². The van der Waals surface area contributed by atoms with Crippen molar-refractivity contribution < 1.29 is 0 Å². The van der Waals surface area contributed by atoms with Crippen LogP contribution in [0.25, 0.3) is 97.9 Å². The van der Waals surface area contributed by atoms with Crippen LogP contribution in [0.5, 0.6) is 0 Å². The number of nitrogens with zero attached hydrogens (tertiary/aromatic N) is 2. The largest absolute Gasteiger partial charge is 0.226 e. The van der Waals surface area contributed by atoms with Gasteiger partial charge in [-0.25, -0.2) is 9.97 Å². The van der Waals surface area contributed by atoms with E-state index in [0.29, 0.717) is 0 Å². The van der Waals surface area contributed by atoms with Crippen molar-refractivity contribution in [3.05, 3.63) is 182 Å². The molecule has 0 fully saturated rings. The molecule has 0 unspecified atom stereocenters. The predicted octanol–water partition coefficient (Wildman–Crippen LogP) is 13.5. The molecule has 2 heterocycles. The summed E-state index contributed by atoms with van der Waals surface area (Å²) >= 11 is 1.77. The molecule has 10 aromatic rings. The summed E-state index contributed by atoms with van der Waals surface area (Å²) in [6, 6.07) is 65.1. The Labute approximate surface area is 300 Å². The molecule has 0 N–H and O–H groups in total. The average molecular weight is 667 g/mol. The van der Waals surface area contributed by atoms with Crippen LogP contribution in [0.3, 0.4) is 0 Å². The van der Waals surface area contributed by atoms with Gasteiger partial charge in [-0.05, 0) is 79.2 Å². The Kier molecular flexibility index (Phi) is 7.04. The van der Waals surface area contributed by atoms with Gasteiger partial charge in [0.2, 0.25) is 0 Å². The fourth-order valence-corrected chi connectivity index (χ4v) is 8.37. The minimum Gasteiger partial charge on any atom is -0.226 e. The molecule has 0 spiro atoms. The standard InChI is InChI=1S/C48H30N2S/c1-2-9-31(10-3-1)41-25-26-43-44(30-41)51-47-45(35-21-17-34(18-22-35)39-23-19-32-11-4-6-13-36(32)27-39)49-48(50-46(43)47)42-16-8-15-38(29-42)40-24-20-33-12-5-7-14-37(33)28-40/h1-30H. The van der Waals surface area contributed by atoms with Gasteiger partial charge in [-0.2, -0.15) is 0 Å². The van der Waals surface area contributed by atoms with E-state index in [1.54, 1.807) is 11.3 Å². The molecule has 0 bridgehead atoms. The molecular formula is C48H30N2S. The van der Waals surface area contributed by atoms with E-state index < -0.39 is 0 Å².